The maximum absolute atomic E-state index is 12.4. The molecule has 1 aliphatic rings. The van der Waals surface area contributed by atoms with Gasteiger partial charge in [0.15, 0.2) is 23.8 Å². The molecule has 0 aromatic heterocycles. The van der Waals surface area contributed by atoms with E-state index < -0.39 is 5.97 Å². The lowest BCUT2D eigenvalue weighted by atomic mass is 9.87. The minimum Gasteiger partial charge on any atom is -0.490 e. The van der Waals surface area contributed by atoms with Crippen molar-refractivity contribution in [2.24, 2.45) is 4.99 Å². The smallest absolute Gasteiger partial charge is 0.363 e. The van der Waals surface area contributed by atoms with Gasteiger partial charge in [-0.05, 0) is 53.8 Å². The Balaban J connectivity index is 1.82. The third kappa shape index (κ3) is 6.00. The number of carbonyl (C=O) groups is 2. The van der Waals surface area contributed by atoms with Gasteiger partial charge >= 0.3 is 5.97 Å². The highest BCUT2D eigenvalue weighted by atomic mass is 16.6. The summed E-state index contributed by atoms with van der Waals surface area (Å²) >= 11 is 0. The van der Waals surface area contributed by atoms with Crippen molar-refractivity contribution < 1.29 is 23.8 Å². The van der Waals surface area contributed by atoms with Crippen LogP contribution in [-0.4, -0.2) is 50.0 Å². The molecular formula is C26H30N2O5. The van der Waals surface area contributed by atoms with Gasteiger partial charge < -0.3 is 19.1 Å². The van der Waals surface area contributed by atoms with Crippen LogP contribution >= 0.6 is 0 Å². The normalized spacial score (nSPS) is 14.7. The standard InChI is InChI=1S/C26H30N2O5/c1-7-31-22-15-17(8-13-21(22)32-16-23(29)28(5)6)14-20-25(30)33-24(27-20)18-9-11-19(12-10-18)26(2,3)4/h8-15H,7,16H2,1-6H3/b20-14-. The molecule has 0 unspecified atom stereocenters. The molecule has 0 saturated carbocycles. The monoisotopic (exact) mass is 450 g/mol. The molecule has 0 saturated heterocycles. The second kappa shape index (κ2) is 9.90. The predicted octanol–water partition coefficient (Wildman–Crippen LogP) is 4.19. The van der Waals surface area contributed by atoms with E-state index in [-0.39, 0.29) is 29.5 Å². The lowest BCUT2D eigenvalue weighted by molar-refractivity contribution is -0.131. The average molecular weight is 451 g/mol. The molecule has 1 amide bonds. The number of cyclic esters (lactones) is 1. The highest BCUT2D eigenvalue weighted by Gasteiger charge is 2.25. The van der Waals surface area contributed by atoms with Crippen molar-refractivity contribution in [3.8, 4) is 11.5 Å². The van der Waals surface area contributed by atoms with Crippen molar-refractivity contribution in [1.82, 2.24) is 4.90 Å². The molecular weight excluding hydrogens is 420 g/mol. The molecule has 0 radical (unpaired) electrons. The summed E-state index contributed by atoms with van der Waals surface area (Å²) in [5.41, 5.74) is 2.86. The van der Waals surface area contributed by atoms with Crippen LogP contribution in [0.1, 0.15) is 44.4 Å². The zero-order chi connectivity index (χ0) is 24.2. The van der Waals surface area contributed by atoms with Crippen molar-refractivity contribution in [3.05, 3.63) is 64.9 Å². The fourth-order valence-corrected chi connectivity index (χ4v) is 3.07. The molecule has 2 aromatic rings. The van der Waals surface area contributed by atoms with Crippen LogP contribution in [0.15, 0.2) is 53.2 Å². The molecule has 33 heavy (non-hydrogen) atoms. The Kier molecular flexibility index (Phi) is 7.21. The number of esters is 1. The van der Waals surface area contributed by atoms with Gasteiger partial charge in [0, 0.05) is 19.7 Å². The Morgan fingerprint density at radius 2 is 1.76 bits per heavy atom. The largest absolute Gasteiger partial charge is 0.490 e. The molecule has 0 atom stereocenters. The van der Waals surface area contributed by atoms with Crippen LogP contribution in [0.5, 0.6) is 11.5 Å². The first-order valence-electron chi connectivity index (χ1n) is 10.8. The van der Waals surface area contributed by atoms with Gasteiger partial charge in [0.2, 0.25) is 5.90 Å². The lowest BCUT2D eigenvalue weighted by Gasteiger charge is -2.18. The third-order valence-corrected chi connectivity index (χ3v) is 5.04. The molecule has 1 heterocycles. The number of amides is 1. The molecule has 7 heteroatoms. The van der Waals surface area contributed by atoms with E-state index in [0.717, 1.165) is 5.56 Å². The maximum Gasteiger partial charge on any atom is 0.363 e. The average Bonchev–Trinajstić information content (AvgIpc) is 3.12. The number of ether oxygens (including phenoxy) is 3. The van der Waals surface area contributed by atoms with Crippen LogP contribution in [0.4, 0.5) is 0 Å². The Bertz CT molecular complexity index is 1090. The van der Waals surface area contributed by atoms with E-state index in [4.69, 9.17) is 14.2 Å². The molecule has 2 aromatic carbocycles. The number of benzene rings is 2. The molecule has 1 aliphatic heterocycles. The van der Waals surface area contributed by atoms with E-state index in [0.29, 0.717) is 23.7 Å². The number of hydrogen-bond acceptors (Lipinski definition) is 6. The van der Waals surface area contributed by atoms with Crippen LogP contribution < -0.4 is 9.47 Å². The van der Waals surface area contributed by atoms with Crippen LogP contribution in [0.3, 0.4) is 0 Å². The van der Waals surface area contributed by atoms with E-state index >= 15 is 0 Å². The number of rotatable bonds is 7. The molecule has 7 nitrogen and oxygen atoms in total. The fourth-order valence-electron chi connectivity index (χ4n) is 3.07. The second-order valence-corrected chi connectivity index (χ2v) is 8.88. The van der Waals surface area contributed by atoms with Crippen molar-refractivity contribution in [3.63, 3.8) is 0 Å². The Hall–Kier alpha value is -3.61. The minimum atomic E-state index is -0.514. The van der Waals surface area contributed by atoms with E-state index in [1.54, 1.807) is 38.4 Å². The number of aliphatic imine (C=N–C) groups is 1. The fraction of sp³-hybridized carbons (Fsp3) is 0.346. The lowest BCUT2D eigenvalue weighted by Crippen LogP contribution is -2.27. The second-order valence-electron chi connectivity index (χ2n) is 8.88. The van der Waals surface area contributed by atoms with Crippen molar-refractivity contribution in [1.29, 1.82) is 0 Å². The van der Waals surface area contributed by atoms with E-state index in [1.165, 1.54) is 10.5 Å². The first-order valence-corrected chi connectivity index (χ1v) is 10.8. The first-order chi connectivity index (χ1) is 15.6. The zero-order valence-electron chi connectivity index (χ0n) is 20.0. The van der Waals surface area contributed by atoms with Gasteiger partial charge in [0.1, 0.15) is 0 Å². The van der Waals surface area contributed by atoms with Gasteiger partial charge in [-0.3, -0.25) is 4.79 Å². The summed E-state index contributed by atoms with van der Waals surface area (Å²) in [6.07, 6.45) is 1.64. The van der Waals surface area contributed by atoms with Gasteiger partial charge in [-0.15, -0.1) is 0 Å². The predicted molar refractivity (Wildman–Crippen MR) is 128 cm³/mol. The van der Waals surface area contributed by atoms with E-state index in [9.17, 15) is 9.59 Å². The summed E-state index contributed by atoms with van der Waals surface area (Å²) in [7, 11) is 3.33. The van der Waals surface area contributed by atoms with Gasteiger partial charge in [0.25, 0.3) is 5.91 Å². The highest BCUT2D eigenvalue weighted by molar-refractivity contribution is 6.12. The topological polar surface area (TPSA) is 77.4 Å². The summed E-state index contributed by atoms with van der Waals surface area (Å²) in [4.78, 5) is 30.1. The Morgan fingerprint density at radius 1 is 1.06 bits per heavy atom. The van der Waals surface area contributed by atoms with Crippen molar-refractivity contribution >= 4 is 23.9 Å². The Labute approximate surface area is 194 Å². The van der Waals surface area contributed by atoms with Gasteiger partial charge in [-0.1, -0.05) is 39.0 Å². The quantitative estimate of drug-likeness (QED) is 0.467. The molecule has 0 N–H and O–H groups in total. The molecule has 3 rings (SSSR count). The van der Waals surface area contributed by atoms with Crippen LogP contribution in [0.25, 0.3) is 6.08 Å². The summed E-state index contributed by atoms with van der Waals surface area (Å²) in [5.74, 6) is 0.534. The summed E-state index contributed by atoms with van der Waals surface area (Å²) in [6, 6.07) is 13.1. The van der Waals surface area contributed by atoms with E-state index in [2.05, 4.69) is 25.8 Å². The van der Waals surface area contributed by atoms with Crippen molar-refractivity contribution in [2.75, 3.05) is 27.3 Å². The number of hydrogen-bond donors (Lipinski definition) is 0. The van der Waals surface area contributed by atoms with Crippen LogP contribution in [0, 0.1) is 0 Å². The number of likely N-dealkylation sites (N-methyl/N-ethyl adjacent to an activating group) is 1. The van der Waals surface area contributed by atoms with Gasteiger partial charge in [0.05, 0.1) is 6.61 Å². The molecule has 0 fully saturated rings. The van der Waals surface area contributed by atoms with Gasteiger partial charge in [-0.2, -0.15) is 0 Å². The molecule has 0 bridgehead atoms. The molecule has 0 spiro atoms. The highest BCUT2D eigenvalue weighted by Crippen LogP contribution is 2.30. The number of nitrogens with zero attached hydrogens (tertiary/aromatic N) is 2. The van der Waals surface area contributed by atoms with Crippen LogP contribution in [0.2, 0.25) is 0 Å². The number of carbonyl (C=O) groups excluding carboxylic acids is 2. The SMILES string of the molecule is CCOc1cc(/C=C2\N=C(c3ccc(C(C)(C)C)cc3)OC2=O)ccc1OCC(=O)N(C)C. The molecule has 0 aliphatic carbocycles. The minimum absolute atomic E-state index is 0.0334. The first kappa shape index (κ1) is 24.0. The zero-order valence-corrected chi connectivity index (χ0v) is 20.0. The van der Waals surface area contributed by atoms with Crippen molar-refractivity contribution in [2.45, 2.75) is 33.1 Å². The molecule has 174 valence electrons. The summed E-state index contributed by atoms with van der Waals surface area (Å²) in [6.45, 7) is 8.61. The van der Waals surface area contributed by atoms with Gasteiger partial charge in [-0.25, -0.2) is 9.79 Å². The van der Waals surface area contributed by atoms with E-state index in [1.807, 2.05) is 31.2 Å². The summed E-state index contributed by atoms with van der Waals surface area (Å²) in [5, 5.41) is 0. The summed E-state index contributed by atoms with van der Waals surface area (Å²) < 4.78 is 16.7. The van der Waals surface area contributed by atoms with Crippen LogP contribution in [-0.2, 0) is 19.7 Å². The maximum atomic E-state index is 12.4. The Morgan fingerprint density at radius 3 is 2.36 bits per heavy atom. The third-order valence-electron chi connectivity index (χ3n) is 5.04.